The van der Waals surface area contributed by atoms with E-state index in [4.69, 9.17) is 2.74 Å². The van der Waals surface area contributed by atoms with E-state index in [0.717, 1.165) is 11.1 Å². The van der Waals surface area contributed by atoms with E-state index in [-0.39, 0.29) is 0 Å². The van der Waals surface area contributed by atoms with Gasteiger partial charge < -0.3 is 0 Å². The second kappa shape index (κ2) is 6.15. The Morgan fingerprint density at radius 1 is 0.955 bits per heavy atom. The smallest absolute Gasteiger partial charge is 0.201 e. The largest absolute Gasteiger partial charge is 0.213 e. The van der Waals surface area contributed by atoms with Crippen molar-refractivity contribution < 1.29 is 7.31 Å². The quantitative estimate of drug-likeness (QED) is 0.615. The number of aryl methyl sites for hydroxylation is 3. The summed E-state index contributed by atoms with van der Waals surface area (Å²) < 4.78 is 17.7. The Labute approximate surface area is 135 Å². The Morgan fingerprint density at radius 3 is 2.36 bits per heavy atom. The second-order valence-corrected chi connectivity index (χ2v) is 5.55. The highest BCUT2D eigenvalue weighted by Gasteiger charge is 2.13. The van der Waals surface area contributed by atoms with Crippen molar-refractivity contribution >= 4 is 0 Å². The molecule has 0 fully saturated rings. The van der Waals surface area contributed by atoms with Crippen molar-refractivity contribution in [3.05, 3.63) is 78.0 Å². The average molecular weight is 290 g/mol. The molecule has 0 N–H and O–H groups in total. The van der Waals surface area contributed by atoms with Crippen molar-refractivity contribution in [1.82, 2.24) is 0 Å². The minimum Gasteiger partial charge on any atom is -0.201 e. The molecule has 0 aliphatic rings. The first kappa shape index (κ1) is 12.2. The zero-order valence-electron chi connectivity index (χ0n) is 15.3. The van der Waals surface area contributed by atoms with Crippen LogP contribution in [0.1, 0.15) is 20.8 Å². The van der Waals surface area contributed by atoms with Crippen molar-refractivity contribution in [3.63, 3.8) is 0 Å². The molecule has 0 radical (unpaired) electrons. The van der Waals surface area contributed by atoms with E-state index in [9.17, 15) is 0 Å². The lowest BCUT2D eigenvalue weighted by Crippen LogP contribution is -2.30. The first-order valence-corrected chi connectivity index (χ1v) is 7.53. The fraction of sp³-hybridized carbons (Fsp3) is 0.190. The number of benzene rings is 2. The summed E-state index contributed by atoms with van der Waals surface area (Å²) >= 11 is 0. The number of hydrogen-bond acceptors (Lipinski definition) is 0. The fourth-order valence-corrected chi connectivity index (χ4v) is 2.71. The van der Waals surface area contributed by atoms with E-state index in [1.807, 2.05) is 24.3 Å². The van der Waals surface area contributed by atoms with Gasteiger partial charge in [-0.3, -0.25) is 0 Å². The minimum atomic E-state index is -1.31. The van der Waals surface area contributed by atoms with Gasteiger partial charge in [0.2, 0.25) is 5.69 Å². The van der Waals surface area contributed by atoms with Gasteiger partial charge in [0.1, 0.15) is 7.05 Å². The van der Waals surface area contributed by atoms with Crippen molar-refractivity contribution in [3.8, 4) is 22.4 Å². The molecule has 3 rings (SSSR count). The molecule has 3 aromatic rings. The van der Waals surface area contributed by atoms with Gasteiger partial charge in [-0.15, -0.1) is 0 Å². The van der Waals surface area contributed by atoms with Gasteiger partial charge >= 0.3 is 0 Å². The van der Waals surface area contributed by atoms with E-state index in [1.54, 1.807) is 6.92 Å². The summed E-state index contributed by atoms with van der Waals surface area (Å²) in [6.07, 6.45) is 0.762. The normalized spacial score (nSPS) is 12.7. The average Bonchev–Trinajstić information content (AvgIpc) is 2.55. The zero-order chi connectivity index (χ0) is 17.3. The highest BCUT2D eigenvalue weighted by atomic mass is 14.9. The maximum absolute atomic E-state index is 7.81. The summed E-state index contributed by atoms with van der Waals surface area (Å²) in [4.78, 5) is 0. The van der Waals surface area contributed by atoms with Gasteiger partial charge in [0.15, 0.2) is 6.20 Å². The highest BCUT2D eigenvalue weighted by molar-refractivity contribution is 5.70. The summed E-state index contributed by atoms with van der Waals surface area (Å²) in [6, 6.07) is 20.4. The Kier molecular flexibility index (Phi) is 3.40. The molecular weight excluding hydrogens is 266 g/mol. The summed E-state index contributed by atoms with van der Waals surface area (Å²) in [5.74, 6) is 0. The van der Waals surface area contributed by atoms with Crippen LogP contribution in [0.5, 0.6) is 0 Å². The third kappa shape index (κ3) is 2.80. The lowest BCUT2D eigenvalue weighted by Gasteiger charge is -2.07. The Hall–Kier alpha value is -2.41. The molecule has 0 spiro atoms. The standard InChI is InChI=1S/C21H22N/c1-4-17-9-11-18(12-10-17)19-13-14-22(3)21(15-19)20-8-6-5-7-16(20)2/h5-15H,4H2,1-3H3/q+1/i4D2. The molecule has 2 aromatic carbocycles. The fourth-order valence-electron chi connectivity index (χ4n) is 2.71. The molecule has 1 heteroatoms. The van der Waals surface area contributed by atoms with Crippen molar-refractivity contribution in [2.75, 3.05) is 0 Å². The van der Waals surface area contributed by atoms with Crippen LogP contribution in [0.25, 0.3) is 22.4 Å². The van der Waals surface area contributed by atoms with Crippen LogP contribution in [0.15, 0.2) is 66.9 Å². The summed E-state index contributed by atoms with van der Waals surface area (Å²) in [6.45, 7) is 3.71. The van der Waals surface area contributed by atoms with Crippen LogP contribution in [0.4, 0.5) is 0 Å². The molecular formula is C21H22N+. The van der Waals surface area contributed by atoms with Gasteiger partial charge in [0, 0.05) is 20.4 Å². The molecule has 0 unspecified atom stereocenters. The van der Waals surface area contributed by atoms with E-state index in [2.05, 4.69) is 61.1 Å². The predicted molar refractivity (Wildman–Crippen MR) is 92.6 cm³/mol. The summed E-state index contributed by atoms with van der Waals surface area (Å²) in [7, 11) is 2.06. The van der Waals surface area contributed by atoms with Crippen molar-refractivity contribution in [2.24, 2.45) is 7.05 Å². The van der Waals surface area contributed by atoms with Crippen LogP contribution in [0.2, 0.25) is 0 Å². The van der Waals surface area contributed by atoms with Gasteiger partial charge in [-0.05, 0) is 41.6 Å². The third-order valence-electron chi connectivity index (χ3n) is 4.08. The van der Waals surface area contributed by atoms with E-state index < -0.39 is 6.37 Å². The Bertz CT molecular complexity index is 862. The predicted octanol–water partition coefficient (Wildman–Crippen LogP) is 4.72. The van der Waals surface area contributed by atoms with Gasteiger partial charge in [-0.2, -0.15) is 0 Å². The number of hydrogen-bond donors (Lipinski definition) is 0. The van der Waals surface area contributed by atoms with Crippen LogP contribution in [0, 0.1) is 6.92 Å². The second-order valence-electron chi connectivity index (χ2n) is 5.55. The lowest BCUT2D eigenvalue weighted by atomic mass is 9.99. The SMILES string of the molecule is [2H]C([2H])(C)c1ccc(-c2cc[n+](C)c(-c3ccccc3C)c2)cc1. The molecule has 0 saturated carbocycles. The molecule has 22 heavy (non-hydrogen) atoms. The van der Waals surface area contributed by atoms with Crippen LogP contribution in [-0.2, 0) is 13.4 Å². The Morgan fingerprint density at radius 2 is 1.68 bits per heavy atom. The van der Waals surface area contributed by atoms with Crippen molar-refractivity contribution in [1.29, 1.82) is 0 Å². The number of aromatic nitrogens is 1. The molecule has 1 aromatic heterocycles. The molecule has 1 nitrogen and oxygen atoms in total. The lowest BCUT2D eigenvalue weighted by molar-refractivity contribution is -0.660. The summed E-state index contributed by atoms with van der Waals surface area (Å²) in [5.41, 5.74) is 6.57. The van der Waals surface area contributed by atoms with Crippen LogP contribution in [-0.4, -0.2) is 0 Å². The molecule has 0 saturated heterocycles. The number of pyridine rings is 1. The van der Waals surface area contributed by atoms with Gasteiger partial charge in [0.25, 0.3) is 0 Å². The van der Waals surface area contributed by atoms with E-state index in [1.165, 1.54) is 16.8 Å². The number of rotatable bonds is 3. The van der Waals surface area contributed by atoms with Gasteiger partial charge in [-0.25, -0.2) is 4.57 Å². The van der Waals surface area contributed by atoms with E-state index >= 15 is 0 Å². The third-order valence-corrected chi connectivity index (χ3v) is 4.08. The topological polar surface area (TPSA) is 3.88 Å². The molecule has 0 bridgehead atoms. The van der Waals surface area contributed by atoms with Gasteiger partial charge in [-0.1, -0.05) is 49.4 Å². The van der Waals surface area contributed by atoms with Crippen molar-refractivity contribution in [2.45, 2.75) is 20.2 Å². The molecule has 0 aliphatic heterocycles. The Balaban J connectivity index is 2.05. The van der Waals surface area contributed by atoms with Crippen LogP contribution >= 0.6 is 0 Å². The maximum atomic E-state index is 7.81. The van der Waals surface area contributed by atoms with E-state index in [0.29, 0.717) is 5.56 Å². The molecule has 0 atom stereocenters. The monoisotopic (exact) mass is 290 g/mol. The molecule has 1 heterocycles. The minimum absolute atomic E-state index is 0.701. The highest BCUT2D eigenvalue weighted by Crippen LogP contribution is 2.25. The van der Waals surface area contributed by atoms with Gasteiger partial charge in [0.05, 0.1) is 0 Å². The van der Waals surface area contributed by atoms with Crippen LogP contribution in [0.3, 0.4) is 0 Å². The van der Waals surface area contributed by atoms with Crippen LogP contribution < -0.4 is 4.57 Å². The summed E-state index contributed by atoms with van der Waals surface area (Å²) in [5, 5.41) is 0. The molecule has 110 valence electrons. The first-order chi connectivity index (χ1) is 11.4. The molecule has 0 aliphatic carbocycles. The number of nitrogens with zero attached hydrogens (tertiary/aromatic N) is 1. The zero-order valence-corrected chi connectivity index (χ0v) is 13.3. The first-order valence-electron chi connectivity index (χ1n) is 8.53. The molecule has 0 amide bonds. The maximum Gasteiger partial charge on any atom is 0.213 e.